The molecule has 2 aliphatic heterocycles. The van der Waals surface area contributed by atoms with Gasteiger partial charge >= 0.3 is 0 Å². The second-order valence-corrected chi connectivity index (χ2v) is 9.94. The van der Waals surface area contributed by atoms with Gasteiger partial charge in [-0.2, -0.15) is 0 Å². The molecule has 0 spiro atoms. The number of pyridine rings is 1. The standard InChI is InChI=1S/C27H32N6O/c1-5-6-19(24-15-32(4)9-10-33(24)28)18-11-21-22(14-30-25(21)29-13-18)17-7-8-20-23(12-17)27(2,3)16-31-26(20)34/h5-8,11-14H,9-10,15-16,28H2,1-4H3,(H,29,30)(H,31,34)/b6-5+,24-19+. The Morgan fingerprint density at radius 1 is 1.21 bits per heavy atom. The lowest BCUT2D eigenvalue weighted by Gasteiger charge is -2.34. The summed E-state index contributed by atoms with van der Waals surface area (Å²) in [6.45, 7) is 9.50. The maximum absolute atomic E-state index is 12.4. The Balaban J connectivity index is 1.64. The molecule has 1 saturated heterocycles. The van der Waals surface area contributed by atoms with Crippen LogP contribution in [0.1, 0.15) is 42.3 Å². The number of benzene rings is 1. The van der Waals surface area contributed by atoms with Crippen molar-refractivity contribution in [2.75, 3.05) is 33.2 Å². The van der Waals surface area contributed by atoms with E-state index in [4.69, 9.17) is 10.8 Å². The van der Waals surface area contributed by atoms with E-state index < -0.39 is 0 Å². The fraction of sp³-hybridized carbons (Fsp3) is 0.333. The summed E-state index contributed by atoms with van der Waals surface area (Å²) in [6.07, 6.45) is 8.08. The molecule has 0 atom stereocenters. The fourth-order valence-electron chi connectivity index (χ4n) is 4.96. The van der Waals surface area contributed by atoms with Crippen molar-refractivity contribution in [1.29, 1.82) is 0 Å². The number of carbonyl (C=O) groups is 1. The molecule has 7 heteroatoms. The molecule has 34 heavy (non-hydrogen) atoms. The summed E-state index contributed by atoms with van der Waals surface area (Å²) in [5, 5.41) is 5.90. The van der Waals surface area contributed by atoms with E-state index in [2.05, 4.69) is 54.3 Å². The molecule has 1 fully saturated rings. The Morgan fingerprint density at radius 2 is 2.03 bits per heavy atom. The van der Waals surface area contributed by atoms with Gasteiger partial charge in [0.2, 0.25) is 0 Å². The van der Waals surface area contributed by atoms with Crippen molar-refractivity contribution in [3.63, 3.8) is 0 Å². The summed E-state index contributed by atoms with van der Waals surface area (Å²) >= 11 is 0. The van der Waals surface area contributed by atoms with Crippen LogP contribution >= 0.6 is 0 Å². The van der Waals surface area contributed by atoms with Crippen molar-refractivity contribution in [3.8, 4) is 11.1 Å². The minimum absolute atomic E-state index is 0.00448. The number of nitrogens with zero attached hydrogens (tertiary/aromatic N) is 3. The monoisotopic (exact) mass is 456 g/mol. The number of piperazine rings is 1. The number of likely N-dealkylation sites (N-methyl/N-ethyl adjacent to an activating group) is 1. The van der Waals surface area contributed by atoms with E-state index in [1.165, 1.54) is 0 Å². The molecule has 7 nitrogen and oxygen atoms in total. The number of fused-ring (bicyclic) bond motifs is 2. The first-order valence-electron chi connectivity index (χ1n) is 11.8. The largest absolute Gasteiger partial charge is 0.351 e. The second kappa shape index (κ2) is 8.42. The molecule has 1 aromatic carbocycles. The van der Waals surface area contributed by atoms with Crippen LogP contribution in [-0.2, 0) is 5.41 Å². The Kier molecular flexibility index (Phi) is 5.54. The van der Waals surface area contributed by atoms with Crippen molar-refractivity contribution in [2.45, 2.75) is 26.2 Å². The number of H-pyrrole nitrogens is 1. The third-order valence-corrected chi connectivity index (χ3v) is 6.97. The zero-order valence-electron chi connectivity index (χ0n) is 20.3. The van der Waals surface area contributed by atoms with Crippen molar-refractivity contribution in [3.05, 3.63) is 71.2 Å². The highest BCUT2D eigenvalue weighted by Crippen LogP contribution is 2.36. The third kappa shape index (κ3) is 3.81. The van der Waals surface area contributed by atoms with Crippen LogP contribution in [0.25, 0.3) is 27.7 Å². The van der Waals surface area contributed by atoms with Crippen molar-refractivity contribution in [2.24, 2.45) is 5.84 Å². The number of carbonyl (C=O) groups excluding carboxylic acids is 1. The Hall–Kier alpha value is -3.42. The van der Waals surface area contributed by atoms with E-state index in [0.717, 1.165) is 69.8 Å². The molecule has 5 rings (SSSR count). The van der Waals surface area contributed by atoms with Gasteiger partial charge in [0.1, 0.15) is 5.65 Å². The smallest absolute Gasteiger partial charge is 0.251 e. The summed E-state index contributed by atoms with van der Waals surface area (Å²) in [5.74, 6) is 6.38. The second-order valence-electron chi connectivity index (χ2n) is 9.94. The number of hydrogen-bond acceptors (Lipinski definition) is 5. The van der Waals surface area contributed by atoms with Crippen LogP contribution in [0.2, 0.25) is 0 Å². The topological polar surface area (TPSA) is 90.3 Å². The van der Waals surface area contributed by atoms with Crippen LogP contribution in [0.5, 0.6) is 0 Å². The summed E-state index contributed by atoms with van der Waals surface area (Å²) in [4.78, 5) is 22.7. The Morgan fingerprint density at radius 3 is 2.82 bits per heavy atom. The third-order valence-electron chi connectivity index (χ3n) is 6.97. The summed E-state index contributed by atoms with van der Waals surface area (Å²) in [5.41, 5.74) is 7.89. The molecule has 1 amide bonds. The number of hydrazine groups is 1. The molecule has 3 aromatic rings. The minimum Gasteiger partial charge on any atom is -0.351 e. The lowest BCUT2D eigenvalue weighted by atomic mass is 9.78. The van der Waals surface area contributed by atoms with Crippen molar-refractivity contribution in [1.82, 2.24) is 25.2 Å². The predicted octanol–water partition coefficient (Wildman–Crippen LogP) is 3.66. The molecule has 4 N–H and O–H groups in total. The Bertz CT molecular complexity index is 1330. The molecular weight excluding hydrogens is 424 g/mol. The van der Waals surface area contributed by atoms with Gasteiger partial charge in [0.15, 0.2) is 0 Å². The number of nitrogens with one attached hydrogen (secondary N) is 2. The molecule has 2 aliphatic rings. The average molecular weight is 457 g/mol. The van der Waals surface area contributed by atoms with E-state index in [9.17, 15) is 4.79 Å². The predicted molar refractivity (Wildman–Crippen MR) is 137 cm³/mol. The van der Waals surface area contributed by atoms with Crippen LogP contribution in [-0.4, -0.2) is 59.0 Å². The first kappa shape index (κ1) is 22.4. The van der Waals surface area contributed by atoms with Gasteiger partial charge in [-0.3, -0.25) is 9.69 Å². The van der Waals surface area contributed by atoms with E-state index in [1.54, 1.807) is 0 Å². The van der Waals surface area contributed by atoms with Gasteiger partial charge in [-0.15, -0.1) is 0 Å². The first-order chi connectivity index (χ1) is 16.3. The molecule has 0 saturated carbocycles. The maximum Gasteiger partial charge on any atom is 0.251 e. The molecule has 0 aliphatic carbocycles. The number of nitrogens with two attached hydrogens (primary N) is 1. The lowest BCUT2D eigenvalue weighted by Crippen LogP contribution is -2.46. The summed E-state index contributed by atoms with van der Waals surface area (Å²) < 4.78 is 0. The van der Waals surface area contributed by atoms with E-state index in [1.807, 2.05) is 42.5 Å². The highest BCUT2D eigenvalue weighted by molar-refractivity contribution is 6.00. The molecule has 2 aromatic heterocycles. The summed E-state index contributed by atoms with van der Waals surface area (Å²) in [6, 6.07) is 8.31. The molecule has 4 heterocycles. The van der Waals surface area contributed by atoms with Gasteiger partial charge in [0.05, 0.1) is 5.70 Å². The van der Waals surface area contributed by atoms with Crippen LogP contribution in [0.3, 0.4) is 0 Å². The van der Waals surface area contributed by atoms with Gasteiger partial charge in [0, 0.05) is 71.6 Å². The zero-order chi connectivity index (χ0) is 24.0. The fourth-order valence-corrected chi connectivity index (χ4v) is 4.96. The SMILES string of the molecule is C/C=C/C(=C1/CN(C)CCN1N)c1cnc2[nH]cc(-c3ccc4c(c3)C(C)(C)CNC4=O)c2c1. The number of hydrogen-bond donors (Lipinski definition) is 3. The number of amides is 1. The van der Waals surface area contributed by atoms with Gasteiger partial charge < -0.3 is 15.3 Å². The normalized spacial score (nSPS) is 20.0. The summed E-state index contributed by atoms with van der Waals surface area (Å²) in [7, 11) is 2.11. The van der Waals surface area contributed by atoms with E-state index >= 15 is 0 Å². The Labute approximate surface area is 200 Å². The first-order valence-corrected chi connectivity index (χ1v) is 11.8. The molecule has 0 unspecified atom stereocenters. The number of aromatic nitrogens is 2. The maximum atomic E-state index is 12.4. The van der Waals surface area contributed by atoms with Crippen molar-refractivity contribution < 1.29 is 4.79 Å². The molecule has 0 bridgehead atoms. The number of allylic oxidation sites excluding steroid dienone is 3. The highest BCUT2D eigenvalue weighted by Gasteiger charge is 2.32. The molecule has 0 radical (unpaired) electrons. The quantitative estimate of drug-likeness (QED) is 0.524. The highest BCUT2D eigenvalue weighted by atomic mass is 16.1. The van der Waals surface area contributed by atoms with Gasteiger partial charge in [-0.1, -0.05) is 32.1 Å². The lowest BCUT2D eigenvalue weighted by molar-refractivity contribution is 0.0930. The van der Waals surface area contributed by atoms with Gasteiger partial charge in [-0.25, -0.2) is 10.8 Å². The van der Waals surface area contributed by atoms with Gasteiger partial charge in [-0.05, 0) is 43.3 Å². The zero-order valence-corrected chi connectivity index (χ0v) is 20.3. The van der Waals surface area contributed by atoms with Gasteiger partial charge in [0.25, 0.3) is 5.91 Å². The minimum atomic E-state index is -0.129. The van der Waals surface area contributed by atoms with Crippen LogP contribution in [0.15, 0.2) is 54.5 Å². The van der Waals surface area contributed by atoms with Crippen LogP contribution in [0.4, 0.5) is 0 Å². The van der Waals surface area contributed by atoms with Crippen LogP contribution in [0, 0.1) is 0 Å². The molecular formula is C27H32N6O. The van der Waals surface area contributed by atoms with E-state index in [-0.39, 0.29) is 11.3 Å². The van der Waals surface area contributed by atoms with Crippen LogP contribution < -0.4 is 11.2 Å². The van der Waals surface area contributed by atoms with Crippen molar-refractivity contribution >= 4 is 22.5 Å². The number of rotatable bonds is 3. The number of aromatic amines is 1. The average Bonchev–Trinajstić information content (AvgIpc) is 3.25. The van der Waals surface area contributed by atoms with E-state index in [0.29, 0.717) is 6.54 Å². The molecule has 176 valence electrons.